The van der Waals surface area contributed by atoms with Crippen LogP contribution in [0.5, 0.6) is 0 Å². The molecule has 1 atom stereocenters. The lowest BCUT2D eigenvalue weighted by Crippen LogP contribution is -2.35. The predicted octanol–water partition coefficient (Wildman–Crippen LogP) is 5.72. The van der Waals surface area contributed by atoms with E-state index < -0.39 is 0 Å². The summed E-state index contributed by atoms with van der Waals surface area (Å²) in [6.07, 6.45) is 6.69. The smallest absolute Gasteiger partial charge is 0.162 e. The fourth-order valence-electron chi connectivity index (χ4n) is 4.88. The average Bonchev–Trinajstić information content (AvgIpc) is 3.33. The summed E-state index contributed by atoms with van der Waals surface area (Å²) in [7, 11) is 0. The Morgan fingerprint density at radius 2 is 1.59 bits per heavy atom. The number of piperidine rings is 1. The van der Waals surface area contributed by atoms with Crippen molar-refractivity contribution in [1.82, 2.24) is 4.90 Å². The standard InChI is InChI=1S/C26H34N2O/c1-21(23-7-3-2-4-8-23)27-19-15-22(16-20-27)9-14-26(29)24-10-12-25(13-11-24)28-17-5-6-18-28/h2-4,7-8,10-13,21-22H,5-6,9,14-20H2,1H3. The average molecular weight is 391 g/mol. The van der Waals surface area contributed by atoms with Gasteiger partial charge in [-0.25, -0.2) is 0 Å². The zero-order chi connectivity index (χ0) is 20.1. The molecule has 0 spiro atoms. The first-order chi connectivity index (χ1) is 14.2. The van der Waals surface area contributed by atoms with E-state index in [-0.39, 0.29) is 0 Å². The van der Waals surface area contributed by atoms with E-state index in [1.807, 2.05) is 12.1 Å². The molecule has 0 aliphatic carbocycles. The van der Waals surface area contributed by atoms with Gasteiger partial charge in [0.25, 0.3) is 0 Å². The molecule has 2 aliphatic heterocycles. The Labute approximate surface area is 175 Å². The number of Topliss-reactive ketones (excluding diaryl/α,β-unsaturated/α-hetero) is 1. The van der Waals surface area contributed by atoms with Crippen LogP contribution in [0.25, 0.3) is 0 Å². The van der Waals surface area contributed by atoms with Crippen LogP contribution in [0.2, 0.25) is 0 Å². The molecule has 0 aromatic heterocycles. The largest absolute Gasteiger partial charge is 0.372 e. The summed E-state index contributed by atoms with van der Waals surface area (Å²) in [4.78, 5) is 17.7. The van der Waals surface area contributed by atoms with Crippen LogP contribution in [0.15, 0.2) is 54.6 Å². The molecule has 4 rings (SSSR count). The molecule has 3 heteroatoms. The van der Waals surface area contributed by atoms with E-state index in [1.54, 1.807) is 0 Å². The lowest BCUT2D eigenvalue weighted by molar-refractivity contribution is 0.0952. The Bertz CT molecular complexity index is 772. The summed E-state index contributed by atoms with van der Waals surface area (Å²) in [5.41, 5.74) is 3.54. The SMILES string of the molecule is CC(c1ccccc1)N1CCC(CCC(=O)c2ccc(N3CCCC3)cc2)CC1. The molecular formula is C26H34N2O. The van der Waals surface area contributed by atoms with Crippen molar-refractivity contribution < 1.29 is 4.79 Å². The highest BCUT2D eigenvalue weighted by Crippen LogP contribution is 2.29. The van der Waals surface area contributed by atoms with Gasteiger partial charge in [-0.15, -0.1) is 0 Å². The van der Waals surface area contributed by atoms with Crippen LogP contribution in [0, 0.1) is 5.92 Å². The molecule has 0 bridgehead atoms. The molecule has 1 unspecified atom stereocenters. The maximum Gasteiger partial charge on any atom is 0.162 e. The number of carbonyl (C=O) groups excluding carboxylic acids is 1. The van der Waals surface area contributed by atoms with Gasteiger partial charge in [-0.05, 0) is 87.9 Å². The molecule has 2 aromatic rings. The molecule has 154 valence electrons. The third-order valence-electron chi connectivity index (χ3n) is 6.92. The molecule has 2 saturated heterocycles. The fraction of sp³-hybridized carbons (Fsp3) is 0.500. The molecule has 0 saturated carbocycles. The maximum atomic E-state index is 12.7. The Hall–Kier alpha value is -2.13. The van der Waals surface area contributed by atoms with Crippen molar-refractivity contribution in [3.63, 3.8) is 0 Å². The van der Waals surface area contributed by atoms with Crippen LogP contribution >= 0.6 is 0 Å². The summed E-state index contributed by atoms with van der Waals surface area (Å²) in [6, 6.07) is 19.6. The number of nitrogens with zero attached hydrogens (tertiary/aromatic N) is 2. The van der Waals surface area contributed by atoms with Gasteiger partial charge in [0.05, 0.1) is 0 Å². The number of benzene rings is 2. The Balaban J connectivity index is 1.22. The van der Waals surface area contributed by atoms with Crippen molar-refractivity contribution in [3.05, 3.63) is 65.7 Å². The quantitative estimate of drug-likeness (QED) is 0.565. The number of hydrogen-bond donors (Lipinski definition) is 0. The second kappa shape index (κ2) is 9.58. The highest BCUT2D eigenvalue weighted by atomic mass is 16.1. The minimum Gasteiger partial charge on any atom is -0.372 e. The highest BCUT2D eigenvalue weighted by Gasteiger charge is 2.24. The number of carbonyl (C=O) groups is 1. The van der Waals surface area contributed by atoms with Gasteiger partial charge < -0.3 is 4.90 Å². The van der Waals surface area contributed by atoms with E-state index in [4.69, 9.17) is 0 Å². The van der Waals surface area contributed by atoms with Crippen LogP contribution in [-0.4, -0.2) is 36.9 Å². The van der Waals surface area contributed by atoms with Gasteiger partial charge >= 0.3 is 0 Å². The van der Waals surface area contributed by atoms with Crippen molar-refractivity contribution in [2.45, 2.75) is 51.5 Å². The van der Waals surface area contributed by atoms with Gasteiger partial charge in [0.1, 0.15) is 0 Å². The molecule has 2 aliphatic rings. The van der Waals surface area contributed by atoms with Gasteiger partial charge in [-0.1, -0.05) is 30.3 Å². The Morgan fingerprint density at radius 3 is 2.24 bits per heavy atom. The van der Waals surface area contributed by atoms with Crippen molar-refractivity contribution in [1.29, 1.82) is 0 Å². The van der Waals surface area contributed by atoms with Crippen LogP contribution in [-0.2, 0) is 0 Å². The molecule has 29 heavy (non-hydrogen) atoms. The van der Waals surface area contributed by atoms with E-state index in [1.165, 1.54) is 36.9 Å². The molecule has 3 nitrogen and oxygen atoms in total. The zero-order valence-corrected chi connectivity index (χ0v) is 17.7. The topological polar surface area (TPSA) is 23.6 Å². The normalized spacial score (nSPS) is 19.4. The second-order valence-electron chi connectivity index (χ2n) is 8.77. The van der Waals surface area contributed by atoms with Crippen molar-refractivity contribution in [2.75, 3.05) is 31.1 Å². The van der Waals surface area contributed by atoms with Gasteiger partial charge in [0.2, 0.25) is 0 Å². The monoisotopic (exact) mass is 390 g/mol. The number of rotatable bonds is 7. The zero-order valence-electron chi connectivity index (χ0n) is 17.7. The maximum absolute atomic E-state index is 12.7. The number of likely N-dealkylation sites (tertiary alicyclic amines) is 1. The van der Waals surface area contributed by atoms with Crippen molar-refractivity contribution in [2.24, 2.45) is 5.92 Å². The van der Waals surface area contributed by atoms with E-state index in [0.717, 1.165) is 38.2 Å². The third kappa shape index (κ3) is 5.08. The van der Waals surface area contributed by atoms with Gasteiger partial charge in [-0.3, -0.25) is 9.69 Å². The third-order valence-corrected chi connectivity index (χ3v) is 6.92. The lowest BCUT2D eigenvalue weighted by atomic mass is 9.89. The molecule has 2 fully saturated rings. The first-order valence-electron chi connectivity index (χ1n) is 11.4. The number of ketones is 1. The summed E-state index contributed by atoms with van der Waals surface area (Å²) < 4.78 is 0. The molecule has 2 aromatic carbocycles. The Morgan fingerprint density at radius 1 is 0.931 bits per heavy atom. The molecule has 0 N–H and O–H groups in total. The number of anilines is 1. The highest BCUT2D eigenvalue weighted by molar-refractivity contribution is 5.96. The van der Waals surface area contributed by atoms with Crippen LogP contribution in [0.1, 0.15) is 67.4 Å². The summed E-state index contributed by atoms with van der Waals surface area (Å²) in [6.45, 7) is 6.88. The minimum atomic E-state index is 0.304. The first kappa shape index (κ1) is 20.2. The van der Waals surface area contributed by atoms with Crippen molar-refractivity contribution in [3.8, 4) is 0 Å². The summed E-state index contributed by atoms with van der Waals surface area (Å²) in [5, 5.41) is 0. The molecule has 0 amide bonds. The van der Waals surface area contributed by atoms with Gasteiger partial charge in [0.15, 0.2) is 5.78 Å². The van der Waals surface area contributed by atoms with E-state index in [2.05, 4.69) is 59.2 Å². The fourth-order valence-corrected chi connectivity index (χ4v) is 4.88. The van der Waals surface area contributed by atoms with Crippen LogP contribution < -0.4 is 4.90 Å². The van der Waals surface area contributed by atoms with Crippen LogP contribution in [0.4, 0.5) is 5.69 Å². The van der Waals surface area contributed by atoms with E-state index in [0.29, 0.717) is 24.2 Å². The molecular weight excluding hydrogens is 356 g/mol. The van der Waals surface area contributed by atoms with E-state index >= 15 is 0 Å². The predicted molar refractivity (Wildman–Crippen MR) is 121 cm³/mol. The Kier molecular flexibility index (Phi) is 6.66. The molecule has 2 heterocycles. The summed E-state index contributed by atoms with van der Waals surface area (Å²) in [5.74, 6) is 0.986. The molecule has 0 radical (unpaired) electrons. The van der Waals surface area contributed by atoms with Gasteiger partial charge in [-0.2, -0.15) is 0 Å². The van der Waals surface area contributed by atoms with Crippen LogP contribution in [0.3, 0.4) is 0 Å². The second-order valence-corrected chi connectivity index (χ2v) is 8.77. The number of hydrogen-bond acceptors (Lipinski definition) is 3. The minimum absolute atomic E-state index is 0.304. The van der Waals surface area contributed by atoms with E-state index in [9.17, 15) is 4.79 Å². The first-order valence-corrected chi connectivity index (χ1v) is 11.4. The van der Waals surface area contributed by atoms with Crippen molar-refractivity contribution >= 4 is 11.5 Å². The summed E-state index contributed by atoms with van der Waals surface area (Å²) >= 11 is 0. The van der Waals surface area contributed by atoms with Gasteiger partial charge in [0, 0.05) is 36.8 Å². The lowest BCUT2D eigenvalue weighted by Gasteiger charge is -2.36.